The van der Waals surface area contributed by atoms with Crippen molar-refractivity contribution in [1.29, 1.82) is 0 Å². The Labute approximate surface area is 121 Å². The van der Waals surface area contributed by atoms with Gasteiger partial charge in [0.05, 0.1) is 6.33 Å². The van der Waals surface area contributed by atoms with Crippen LogP contribution in [0.1, 0.15) is 19.4 Å². The van der Waals surface area contributed by atoms with Gasteiger partial charge in [0.2, 0.25) is 0 Å². The van der Waals surface area contributed by atoms with E-state index in [2.05, 4.69) is 53.3 Å². The molecule has 2 aromatic rings. The molecule has 0 aliphatic rings. The fraction of sp³-hybridized carbons (Fsp3) is 0.438. The minimum Gasteiger partial charge on any atom is -0.311 e. The van der Waals surface area contributed by atoms with Crippen LogP contribution in [0.15, 0.2) is 43.0 Å². The molecule has 108 valence electrons. The number of nitrogens with one attached hydrogen (secondary N) is 1. The molecular weight excluding hydrogens is 248 g/mol. The molecule has 20 heavy (non-hydrogen) atoms. The standard InChI is InChI=1S/C16H24N4/c1-3-19(4-2)11-9-17-13-15-5-7-16(8-6-15)20-12-10-18-14-20/h5-8,10,12,14,17H,3-4,9,11,13H2,1-2H3. The normalized spacial score (nSPS) is 11.2. The summed E-state index contributed by atoms with van der Waals surface area (Å²) in [6, 6.07) is 8.59. The quantitative estimate of drug-likeness (QED) is 0.749. The number of nitrogens with zero attached hydrogens (tertiary/aromatic N) is 3. The summed E-state index contributed by atoms with van der Waals surface area (Å²) in [5.74, 6) is 0. The van der Waals surface area contributed by atoms with Gasteiger partial charge in [-0.2, -0.15) is 0 Å². The van der Waals surface area contributed by atoms with Crippen LogP contribution in [0.4, 0.5) is 0 Å². The van der Waals surface area contributed by atoms with Crippen LogP contribution in [-0.4, -0.2) is 40.6 Å². The molecule has 0 bridgehead atoms. The Bertz CT molecular complexity index is 472. The van der Waals surface area contributed by atoms with Crippen LogP contribution < -0.4 is 5.32 Å². The Morgan fingerprint density at radius 3 is 2.50 bits per heavy atom. The van der Waals surface area contributed by atoms with Gasteiger partial charge in [-0.25, -0.2) is 4.98 Å². The van der Waals surface area contributed by atoms with E-state index in [-0.39, 0.29) is 0 Å². The van der Waals surface area contributed by atoms with E-state index in [1.807, 2.05) is 17.1 Å². The molecule has 1 aromatic carbocycles. The average molecular weight is 272 g/mol. The molecule has 0 radical (unpaired) electrons. The molecule has 1 heterocycles. The maximum Gasteiger partial charge on any atom is 0.0991 e. The molecule has 0 spiro atoms. The van der Waals surface area contributed by atoms with E-state index in [9.17, 15) is 0 Å². The maximum atomic E-state index is 4.06. The van der Waals surface area contributed by atoms with Gasteiger partial charge in [0.25, 0.3) is 0 Å². The smallest absolute Gasteiger partial charge is 0.0991 e. The minimum atomic E-state index is 0.922. The fourth-order valence-electron chi connectivity index (χ4n) is 2.21. The van der Waals surface area contributed by atoms with Gasteiger partial charge in [-0.15, -0.1) is 0 Å². The van der Waals surface area contributed by atoms with Crippen LogP contribution in [0, 0.1) is 0 Å². The number of benzene rings is 1. The van der Waals surface area contributed by atoms with Crippen molar-refractivity contribution in [2.45, 2.75) is 20.4 Å². The Morgan fingerprint density at radius 1 is 1.15 bits per heavy atom. The van der Waals surface area contributed by atoms with Gasteiger partial charge < -0.3 is 14.8 Å². The number of aromatic nitrogens is 2. The van der Waals surface area contributed by atoms with Crippen LogP contribution in [0.25, 0.3) is 5.69 Å². The molecule has 2 rings (SSSR count). The predicted octanol–water partition coefficient (Wildman–Crippen LogP) is 2.30. The highest BCUT2D eigenvalue weighted by Crippen LogP contribution is 2.08. The third-order valence-electron chi connectivity index (χ3n) is 3.57. The van der Waals surface area contributed by atoms with Crippen LogP contribution in [-0.2, 0) is 6.54 Å². The Morgan fingerprint density at radius 2 is 1.90 bits per heavy atom. The highest BCUT2D eigenvalue weighted by molar-refractivity contribution is 5.34. The number of likely N-dealkylation sites (N-methyl/N-ethyl adjacent to an activating group) is 1. The fourth-order valence-corrected chi connectivity index (χ4v) is 2.21. The second-order valence-electron chi connectivity index (χ2n) is 4.84. The first-order valence-electron chi connectivity index (χ1n) is 7.33. The summed E-state index contributed by atoms with van der Waals surface area (Å²) in [7, 11) is 0. The van der Waals surface area contributed by atoms with Crippen molar-refractivity contribution in [1.82, 2.24) is 19.8 Å². The Hall–Kier alpha value is -1.65. The van der Waals surface area contributed by atoms with Crippen molar-refractivity contribution in [3.8, 4) is 5.69 Å². The molecular formula is C16H24N4. The maximum absolute atomic E-state index is 4.06. The predicted molar refractivity (Wildman–Crippen MR) is 83.1 cm³/mol. The Kier molecular flexibility index (Phi) is 5.77. The van der Waals surface area contributed by atoms with Gasteiger partial charge in [-0.1, -0.05) is 26.0 Å². The van der Waals surface area contributed by atoms with Crippen LogP contribution in [0.5, 0.6) is 0 Å². The highest BCUT2D eigenvalue weighted by Gasteiger charge is 1.99. The molecule has 1 N–H and O–H groups in total. The van der Waals surface area contributed by atoms with Gasteiger partial charge >= 0.3 is 0 Å². The topological polar surface area (TPSA) is 33.1 Å². The van der Waals surface area contributed by atoms with Crippen molar-refractivity contribution in [2.24, 2.45) is 0 Å². The van der Waals surface area contributed by atoms with E-state index in [0.717, 1.165) is 38.4 Å². The van der Waals surface area contributed by atoms with E-state index in [0.29, 0.717) is 0 Å². The number of rotatable bonds is 8. The zero-order valence-electron chi connectivity index (χ0n) is 12.4. The molecule has 0 fully saturated rings. The summed E-state index contributed by atoms with van der Waals surface area (Å²) in [4.78, 5) is 6.49. The summed E-state index contributed by atoms with van der Waals surface area (Å²) in [6.07, 6.45) is 5.57. The zero-order valence-corrected chi connectivity index (χ0v) is 12.4. The van der Waals surface area contributed by atoms with Crippen LogP contribution >= 0.6 is 0 Å². The van der Waals surface area contributed by atoms with Gasteiger partial charge in [-0.05, 0) is 30.8 Å². The van der Waals surface area contributed by atoms with Gasteiger partial charge in [0.1, 0.15) is 0 Å². The summed E-state index contributed by atoms with van der Waals surface area (Å²) in [5, 5.41) is 3.49. The lowest BCUT2D eigenvalue weighted by Gasteiger charge is -2.18. The van der Waals surface area contributed by atoms with E-state index in [1.54, 1.807) is 6.20 Å². The second-order valence-corrected chi connectivity index (χ2v) is 4.84. The third kappa shape index (κ3) is 4.18. The first-order valence-corrected chi connectivity index (χ1v) is 7.33. The molecule has 4 nitrogen and oxygen atoms in total. The van der Waals surface area contributed by atoms with Gasteiger partial charge in [0.15, 0.2) is 0 Å². The molecule has 0 saturated heterocycles. The van der Waals surface area contributed by atoms with Crippen LogP contribution in [0.3, 0.4) is 0 Å². The summed E-state index contributed by atoms with van der Waals surface area (Å²) in [6.45, 7) is 9.72. The third-order valence-corrected chi connectivity index (χ3v) is 3.57. The van der Waals surface area contributed by atoms with Crippen LogP contribution in [0.2, 0.25) is 0 Å². The molecule has 1 aromatic heterocycles. The molecule has 0 unspecified atom stereocenters. The molecule has 0 atom stereocenters. The van der Waals surface area contributed by atoms with E-state index in [1.165, 1.54) is 5.56 Å². The lowest BCUT2D eigenvalue weighted by molar-refractivity contribution is 0.302. The minimum absolute atomic E-state index is 0.922. The number of hydrogen-bond acceptors (Lipinski definition) is 3. The average Bonchev–Trinajstić information content (AvgIpc) is 3.02. The van der Waals surface area contributed by atoms with E-state index in [4.69, 9.17) is 0 Å². The zero-order chi connectivity index (χ0) is 14.2. The molecule has 4 heteroatoms. The first kappa shape index (κ1) is 14.8. The van der Waals surface area contributed by atoms with Crippen molar-refractivity contribution in [2.75, 3.05) is 26.2 Å². The van der Waals surface area contributed by atoms with E-state index < -0.39 is 0 Å². The number of hydrogen-bond donors (Lipinski definition) is 1. The SMILES string of the molecule is CCN(CC)CCNCc1ccc(-n2ccnc2)cc1. The first-order chi connectivity index (χ1) is 9.83. The lowest BCUT2D eigenvalue weighted by Crippen LogP contribution is -2.31. The van der Waals surface area contributed by atoms with E-state index >= 15 is 0 Å². The summed E-state index contributed by atoms with van der Waals surface area (Å²) >= 11 is 0. The molecule has 0 aliphatic carbocycles. The lowest BCUT2D eigenvalue weighted by atomic mass is 10.2. The largest absolute Gasteiger partial charge is 0.311 e. The Balaban J connectivity index is 1.77. The highest BCUT2D eigenvalue weighted by atomic mass is 15.1. The summed E-state index contributed by atoms with van der Waals surface area (Å²) < 4.78 is 2.01. The molecule has 0 aliphatic heterocycles. The second kappa shape index (κ2) is 7.82. The van der Waals surface area contributed by atoms with Crippen molar-refractivity contribution < 1.29 is 0 Å². The molecule has 0 amide bonds. The van der Waals surface area contributed by atoms with Gasteiger partial charge in [0, 0.05) is 37.7 Å². The van der Waals surface area contributed by atoms with Crippen molar-refractivity contribution >= 4 is 0 Å². The van der Waals surface area contributed by atoms with Crippen molar-refractivity contribution in [3.63, 3.8) is 0 Å². The number of imidazole rings is 1. The molecule has 0 saturated carbocycles. The monoisotopic (exact) mass is 272 g/mol. The van der Waals surface area contributed by atoms with Crippen molar-refractivity contribution in [3.05, 3.63) is 48.5 Å². The summed E-state index contributed by atoms with van der Waals surface area (Å²) in [5.41, 5.74) is 2.46. The van der Waals surface area contributed by atoms with Gasteiger partial charge in [-0.3, -0.25) is 0 Å².